The third kappa shape index (κ3) is 5.59. The molecule has 0 aliphatic rings. The van der Waals surface area contributed by atoms with Gasteiger partial charge in [-0.05, 0) is 74.0 Å². The van der Waals surface area contributed by atoms with Crippen LogP contribution in [-0.2, 0) is 4.79 Å². The molecule has 3 aromatic rings. The SMILES string of the molecule is Cc1ccccc1NC(=O)c1ccc(O[C@H](C)C(=O)Nc2ccc(Cl)cc2)cc1. The molecule has 0 radical (unpaired) electrons. The second-order valence-corrected chi connectivity index (χ2v) is 6.99. The third-order valence-corrected chi connectivity index (χ3v) is 4.56. The van der Waals surface area contributed by atoms with Crippen LogP contribution in [0.3, 0.4) is 0 Å². The molecule has 3 rings (SSSR count). The van der Waals surface area contributed by atoms with Crippen LogP contribution in [0.4, 0.5) is 11.4 Å². The van der Waals surface area contributed by atoms with Gasteiger partial charge in [0.2, 0.25) is 0 Å². The zero-order chi connectivity index (χ0) is 20.8. The van der Waals surface area contributed by atoms with Crippen LogP contribution in [0.15, 0.2) is 72.8 Å². The van der Waals surface area contributed by atoms with Crippen molar-refractivity contribution in [1.29, 1.82) is 0 Å². The Morgan fingerprint density at radius 1 is 0.897 bits per heavy atom. The van der Waals surface area contributed by atoms with E-state index in [1.54, 1.807) is 55.5 Å². The number of benzene rings is 3. The summed E-state index contributed by atoms with van der Waals surface area (Å²) in [4.78, 5) is 24.7. The highest BCUT2D eigenvalue weighted by atomic mass is 35.5. The highest BCUT2D eigenvalue weighted by Gasteiger charge is 2.15. The highest BCUT2D eigenvalue weighted by Crippen LogP contribution is 2.18. The maximum absolute atomic E-state index is 12.4. The van der Waals surface area contributed by atoms with Gasteiger partial charge in [-0.25, -0.2) is 0 Å². The molecule has 0 fully saturated rings. The Balaban J connectivity index is 1.58. The average molecular weight is 409 g/mol. The Kier molecular flexibility index (Phi) is 6.52. The molecule has 0 aromatic heterocycles. The number of carbonyl (C=O) groups excluding carboxylic acids is 2. The Bertz CT molecular complexity index is 1000. The number of aryl methyl sites for hydroxylation is 1. The van der Waals surface area contributed by atoms with E-state index in [1.807, 2.05) is 31.2 Å². The van der Waals surface area contributed by atoms with Crippen LogP contribution in [0.2, 0.25) is 5.02 Å². The van der Waals surface area contributed by atoms with Crippen LogP contribution in [0, 0.1) is 6.92 Å². The van der Waals surface area contributed by atoms with Crippen molar-refractivity contribution in [2.45, 2.75) is 20.0 Å². The van der Waals surface area contributed by atoms with Gasteiger partial charge in [0.05, 0.1) is 0 Å². The fourth-order valence-corrected chi connectivity index (χ4v) is 2.75. The number of ether oxygens (including phenoxy) is 1. The first kappa shape index (κ1) is 20.4. The van der Waals surface area contributed by atoms with Crippen LogP contribution < -0.4 is 15.4 Å². The van der Waals surface area contributed by atoms with Crippen LogP contribution in [0.1, 0.15) is 22.8 Å². The van der Waals surface area contributed by atoms with Gasteiger partial charge in [0.1, 0.15) is 5.75 Å². The van der Waals surface area contributed by atoms with Crippen molar-refractivity contribution in [3.8, 4) is 5.75 Å². The smallest absolute Gasteiger partial charge is 0.265 e. The fourth-order valence-electron chi connectivity index (χ4n) is 2.63. The van der Waals surface area contributed by atoms with Crippen molar-refractivity contribution in [3.05, 3.63) is 88.9 Å². The summed E-state index contributed by atoms with van der Waals surface area (Å²) in [6.45, 7) is 3.59. The molecule has 3 aromatic carbocycles. The molecule has 1 atom stereocenters. The zero-order valence-corrected chi connectivity index (χ0v) is 16.9. The molecule has 0 heterocycles. The predicted molar refractivity (Wildman–Crippen MR) is 116 cm³/mol. The molecule has 6 heteroatoms. The lowest BCUT2D eigenvalue weighted by atomic mass is 10.1. The minimum atomic E-state index is -0.711. The zero-order valence-electron chi connectivity index (χ0n) is 16.1. The van der Waals surface area contributed by atoms with Crippen molar-refractivity contribution >= 4 is 34.8 Å². The molecule has 0 bridgehead atoms. The summed E-state index contributed by atoms with van der Waals surface area (Å²) in [6.07, 6.45) is -0.711. The molecular weight excluding hydrogens is 388 g/mol. The monoisotopic (exact) mass is 408 g/mol. The molecule has 0 aliphatic heterocycles. The number of nitrogens with one attached hydrogen (secondary N) is 2. The van der Waals surface area contributed by atoms with E-state index in [0.29, 0.717) is 22.0 Å². The minimum absolute atomic E-state index is 0.209. The van der Waals surface area contributed by atoms with Gasteiger partial charge in [0.15, 0.2) is 6.10 Å². The molecule has 0 saturated carbocycles. The maximum atomic E-state index is 12.4. The topological polar surface area (TPSA) is 67.4 Å². The summed E-state index contributed by atoms with van der Waals surface area (Å²) in [5, 5.41) is 6.24. The predicted octanol–water partition coefficient (Wildman–Crippen LogP) is 5.31. The van der Waals surface area contributed by atoms with E-state index in [4.69, 9.17) is 16.3 Å². The number of amides is 2. The van der Waals surface area contributed by atoms with Crippen molar-refractivity contribution in [3.63, 3.8) is 0 Å². The van der Waals surface area contributed by atoms with Gasteiger partial charge in [-0.15, -0.1) is 0 Å². The molecule has 0 aliphatic carbocycles. The molecule has 5 nitrogen and oxygen atoms in total. The van der Waals surface area contributed by atoms with E-state index < -0.39 is 6.10 Å². The largest absolute Gasteiger partial charge is 0.481 e. The van der Waals surface area contributed by atoms with Crippen LogP contribution in [0.25, 0.3) is 0 Å². The summed E-state index contributed by atoms with van der Waals surface area (Å²) in [5.74, 6) is 0.00396. The number of rotatable bonds is 6. The van der Waals surface area contributed by atoms with E-state index in [0.717, 1.165) is 11.3 Å². The van der Waals surface area contributed by atoms with Gasteiger partial charge < -0.3 is 15.4 Å². The Labute approximate surface area is 174 Å². The van der Waals surface area contributed by atoms with Crippen molar-refractivity contribution in [2.24, 2.45) is 0 Å². The summed E-state index contributed by atoms with van der Waals surface area (Å²) in [5.41, 5.74) is 2.89. The van der Waals surface area contributed by atoms with E-state index in [2.05, 4.69) is 10.6 Å². The molecule has 148 valence electrons. The van der Waals surface area contributed by atoms with Gasteiger partial charge in [0.25, 0.3) is 11.8 Å². The second kappa shape index (κ2) is 9.26. The number of anilines is 2. The maximum Gasteiger partial charge on any atom is 0.265 e. The summed E-state index contributed by atoms with van der Waals surface area (Å²) in [7, 11) is 0. The van der Waals surface area contributed by atoms with Gasteiger partial charge in [0, 0.05) is 22.0 Å². The number of hydrogen-bond donors (Lipinski definition) is 2. The molecule has 0 saturated heterocycles. The van der Waals surface area contributed by atoms with Gasteiger partial charge >= 0.3 is 0 Å². The molecular formula is C23H21ClN2O3. The lowest BCUT2D eigenvalue weighted by Crippen LogP contribution is -2.30. The molecule has 2 N–H and O–H groups in total. The van der Waals surface area contributed by atoms with Gasteiger partial charge in [-0.2, -0.15) is 0 Å². The minimum Gasteiger partial charge on any atom is -0.481 e. The van der Waals surface area contributed by atoms with E-state index in [-0.39, 0.29) is 11.8 Å². The number of carbonyl (C=O) groups is 2. The Morgan fingerprint density at radius 2 is 1.55 bits per heavy atom. The third-order valence-electron chi connectivity index (χ3n) is 4.30. The summed E-state index contributed by atoms with van der Waals surface area (Å²) in [6, 6.07) is 21.1. The molecule has 0 unspecified atom stereocenters. The quantitative estimate of drug-likeness (QED) is 0.581. The fraction of sp³-hybridized carbons (Fsp3) is 0.130. The lowest BCUT2D eigenvalue weighted by Gasteiger charge is -2.15. The molecule has 0 spiro atoms. The standard InChI is InChI=1S/C23H21ClN2O3/c1-15-5-3-4-6-21(15)26-23(28)17-7-13-20(14-8-17)29-16(2)22(27)25-19-11-9-18(24)10-12-19/h3-14,16H,1-2H3,(H,25,27)(H,26,28)/t16-/m1/s1. The van der Waals surface area contributed by atoms with Gasteiger partial charge in [-0.3, -0.25) is 9.59 Å². The van der Waals surface area contributed by atoms with Crippen LogP contribution in [0.5, 0.6) is 5.75 Å². The van der Waals surface area contributed by atoms with Crippen molar-refractivity contribution in [1.82, 2.24) is 0 Å². The Morgan fingerprint density at radius 3 is 2.21 bits per heavy atom. The van der Waals surface area contributed by atoms with E-state index in [1.165, 1.54) is 0 Å². The number of hydrogen-bond acceptors (Lipinski definition) is 3. The Hall–Kier alpha value is -3.31. The number of halogens is 1. The summed E-state index contributed by atoms with van der Waals surface area (Å²) >= 11 is 5.84. The van der Waals surface area contributed by atoms with Crippen molar-refractivity contribution in [2.75, 3.05) is 10.6 Å². The van der Waals surface area contributed by atoms with E-state index >= 15 is 0 Å². The summed E-state index contributed by atoms with van der Waals surface area (Å²) < 4.78 is 5.67. The molecule has 29 heavy (non-hydrogen) atoms. The highest BCUT2D eigenvalue weighted by molar-refractivity contribution is 6.30. The van der Waals surface area contributed by atoms with Crippen LogP contribution >= 0.6 is 11.6 Å². The average Bonchev–Trinajstić information content (AvgIpc) is 2.72. The number of para-hydroxylation sites is 1. The normalized spacial score (nSPS) is 11.4. The molecule has 2 amide bonds. The van der Waals surface area contributed by atoms with Gasteiger partial charge in [-0.1, -0.05) is 29.8 Å². The van der Waals surface area contributed by atoms with Crippen molar-refractivity contribution < 1.29 is 14.3 Å². The first-order valence-corrected chi connectivity index (χ1v) is 9.50. The lowest BCUT2D eigenvalue weighted by molar-refractivity contribution is -0.122. The van der Waals surface area contributed by atoms with Crippen LogP contribution in [-0.4, -0.2) is 17.9 Å². The first-order valence-electron chi connectivity index (χ1n) is 9.12. The first-order chi connectivity index (χ1) is 13.9. The second-order valence-electron chi connectivity index (χ2n) is 6.55. The van der Waals surface area contributed by atoms with E-state index in [9.17, 15) is 9.59 Å².